The highest BCUT2D eigenvalue weighted by Crippen LogP contribution is 2.49. The first-order valence-electron chi connectivity index (χ1n) is 4.58. The first-order valence-corrected chi connectivity index (χ1v) is 7.44. The molecular weight excluding hydrogens is 179 g/mol. The molecule has 0 aliphatic heterocycles. The van der Waals surface area contributed by atoms with Crippen LogP contribution in [0.2, 0.25) is 0 Å². The molecule has 0 N–H and O–H groups in total. The minimum Gasteiger partial charge on any atom is -0.497 e. The largest absolute Gasteiger partial charge is 0.497 e. The van der Waals surface area contributed by atoms with E-state index in [-0.39, 0.29) is 0 Å². The minimum atomic E-state index is -0.862. The molecule has 0 fully saturated rings. The van der Waals surface area contributed by atoms with Gasteiger partial charge in [-0.3, -0.25) is 0 Å². The Labute approximate surface area is 81.5 Å². The third-order valence-corrected chi connectivity index (χ3v) is 5.84. The first kappa shape index (κ1) is 10.5. The van der Waals surface area contributed by atoms with E-state index < -0.39 is 7.26 Å². The molecule has 0 radical (unpaired) electrons. The molecule has 1 aromatic rings. The van der Waals surface area contributed by atoms with Crippen molar-refractivity contribution in [1.29, 1.82) is 0 Å². The fourth-order valence-corrected chi connectivity index (χ4v) is 2.49. The normalized spacial score (nSPS) is 11.4. The van der Waals surface area contributed by atoms with Gasteiger partial charge in [-0.1, -0.05) is 0 Å². The van der Waals surface area contributed by atoms with Crippen LogP contribution in [0.3, 0.4) is 0 Å². The minimum absolute atomic E-state index is 0.862. The average Bonchev–Trinajstić information content (AvgIpc) is 2.18. The van der Waals surface area contributed by atoms with Gasteiger partial charge in [0.1, 0.15) is 5.75 Å². The molecule has 0 aliphatic rings. The summed E-state index contributed by atoms with van der Waals surface area (Å²) in [7, 11) is 0.842. The Morgan fingerprint density at radius 2 is 1.69 bits per heavy atom. The summed E-state index contributed by atoms with van der Waals surface area (Å²) in [5.41, 5.74) is 0. The van der Waals surface area contributed by atoms with Crippen molar-refractivity contribution in [1.82, 2.24) is 0 Å². The number of hydrogen-bond donors (Lipinski definition) is 0. The predicted molar refractivity (Wildman–Crippen MR) is 61.9 cm³/mol. The Hall–Kier alpha value is -0.550. The fraction of sp³-hybridized carbons (Fsp3) is 0.455. The number of hydrogen-bond acceptors (Lipinski definition) is 1. The lowest BCUT2D eigenvalue weighted by Gasteiger charge is -2.15. The van der Waals surface area contributed by atoms with Crippen LogP contribution in [0, 0.1) is 0 Å². The quantitative estimate of drug-likeness (QED) is 0.677. The van der Waals surface area contributed by atoms with Crippen molar-refractivity contribution in [2.75, 3.05) is 26.6 Å². The van der Waals surface area contributed by atoms with Crippen molar-refractivity contribution in [3.63, 3.8) is 0 Å². The maximum absolute atomic E-state index is 5.13. The van der Waals surface area contributed by atoms with E-state index in [0.717, 1.165) is 5.75 Å². The summed E-state index contributed by atoms with van der Waals surface area (Å²) in [4.78, 5) is 0. The third kappa shape index (κ3) is 2.45. The van der Waals surface area contributed by atoms with Gasteiger partial charge in [-0.15, -0.1) is 0 Å². The van der Waals surface area contributed by atoms with Gasteiger partial charge in [-0.25, -0.2) is 0 Å². The molecule has 1 aromatic carbocycles. The van der Waals surface area contributed by atoms with E-state index in [4.69, 9.17) is 4.74 Å². The second-order valence-electron chi connectivity index (χ2n) is 3.70. The van der Waals surface area contributed by atoms with E-state index in [0.29, 0.717) is 0 Å². The molecule has 13 heavy (non-hydrogen) atoms. The standard InChI is InChI=1S/C11H18OP/c1-5-13(3,4)11-8-6-10(12-2)7-9-11/h6-9H,5H2,1-4H3/q+1. The Morgan fingerprint density at radius 3 is 2.08 bits per heavy atom. The summed E-state index contributed by atoms with van der Waals surface area (Å²) < 4.78 is 5.13. The Balaban J connectivity index is 2.92. The molecule has 0 saturated heterocycles. The second-order valence-corrected chi connectivity index (χ2v) is 8.22. The molecule has 0 saturated carbocycles. The molecule has 0 amide bonds. The Bertz CT molecular complexity index is 264. The molecule has 1 nitrogen and oxygen atoms in total. The van der Waals surface area contributed by atoms with Gasteiger partial charge in [0.25, 0.3) is 0 Å². The summed E-state index contributed by atoms with van der Waals surface area (Å²) in [5.74, 6) is 0.944. The smallest absolute Gasteiger partial charge is 0.119 e. The van der Waals surface area contributed by atoms with Crippen molar-refractivity contribution in [2.45, 2.75) is 6.92 Å². The van der Waals surface area contributed by atoms with Crippen LogP contribution in [-0.2, 0) is 0 Å². The molecule has 72 valence electrons. The lowest BCUT2D eigenvalue weighted by atomic mass is 10.3. The molecule has 0 aliphatic carbocycles. The average molecular weight is 197 g/mol. The van der Waals surface area contributed by atoms with Crippen molar-refractivity contribution in [2.24, 2.45) is 0 Å². The maximum Gasteiger partial charge on any atom is 0.119 e. The zero-order chi connectivity index (χ0) is 9.90. The van der Waals surface area contributed by atoms with E-state index in [1.807, 2.05) is 12.1 Å². The third-order valence-electron chi connectivity index (χ3n) is 2.56. The van der Waals surface area contributed by atoms with Crippen LogP contribution in [0.15, 0.2) is 24.3 Å². The van der Waals surface area contributed by atoms with Gasteiger partial charge in [0.2, 0.25) is 0 Å². The lowest BCUT2D eigenvalue weighted by molar-refractivity contribution is 0.415. The highest BCUT2D eigenvalue weighted by molar-refractivity contribution is 7.81. The molecule has 0 aromatic heterocycles. The molecule has 0 unspecified atom stereocenters. The monoisotopic (exact) mass is 197 g/mol. The van der Waals surface area contributed by atoms with Crippen LogP contribution < -0.4 is 10.0 Å². The van der Waals surface area contributed by atoms with Gasteiger partial charge in [0, 0.05) is 7.26 Å². The van der Waals surface area contributed by atoms with Gasteiger partial charge >= 0.3 is 0 Å². The molecule has 2 heteroatoms. The van der Waals surface area contributed by atoms with Gasteiger partial charge in [-0.05, 0) is 31.2 Å². The SMILES string of the molecule is CC[P+](C)(C)c1ccc(OC)cc1. The predicted octanol–water partition coefficient (Wildman–Crippen LogP) is 2.62. The number of benzene rings is 1. The molecule has 0 spiro atoms. The highest BCUT2D eigenvalue weighted by atomic mass is 31.2. The zero-order valence-corrected chi connectivity index (χ0v) is 9.77. The van der Waals surface area contributed by atoms with Crippen LogP contribution >= 0.6 is 7.26 Å². The molecule has 0 heterocycles. The molecular formula is C11H18OP+. The van der Waals surface area contributed by atoms with E-state index in [1.54, 1.807) is 7.11 Å². The fourth-order valence-electron chi connectivity index (χ4n) is 1.17. The van der Waals surface area contributed by atoms with Crippen LogP contribution in [0.1, 0.15) is 6.92 Å². The van der Waals surface area contributed by atoms with E-state index in [1.165, 1.54) is 11.5 Å². The summed E-state index contributed by atoms with van der Waals surface area (Å²) in [6, 6.07) is 8.48. The topological polar surface area (TPSA) is 9.23 Å². The van der Waals surface area contributed by atoms with Crippen molar-refractivity contribution >= 4 is 12.6 Å². The van der Waals surface area contributed by atoms with Gasteiger partial charge in [0.15, 0.2) is 0 Å². The molecule has 1 rings (SSSR count). The molecule has 0 bridgehead atoms. The molecule has 0 atom stereocenters. The van der Waals surface area contributed by atoms with Crippen molar-refractivity contribution < 1.29 is 4.74 Å². The van der Waals surface area contributed by atoms with E-state index in [2.05, 4.69) is 32.4 Å². The van der Waals surface area contributed by atoms with Crippen LogP contribution in [0.5, 0.6) is 5.75 Å². The van der Waals surface area contributed by atoms with Gasteiger partial charge in [0.05, 0.1) is 31.9 Å². The maximum atomic E-state index is 5.13. The summed E-state index contributed by atoms with van der Waals surface area (Å²) >= 11 is 0. The van der Waals surface area contributed by atoms with E-state index in [9.17, 15) is 0 Å². The summed E-state index contributed by atoms with van der Waals surface area (Å²) in [6.07, 6.45) is 1.26. The van der Waals surface area contributed by atoms with Crippen LogP contribution in [0.25, 0.3) is 0 Å². The summed E-state index contributed by atoms with van der Waals surface area (Å²) in [5, 5.41) is 1.48. The lowest BCUT2D eigenvalue weighted by Crippen LogP contribution is -2.10. The van der Waals surface area contributed by atoms with E-state index >= 15 is 0 Å². The second kappa shape index (κ2) is 4.11. The van der Waals surface area contributed by atoms with Gasteiger partial charge < -0.3 is 4.74 Å². The number of ether oxygens (including phenoxy) is 1. The van der Waals surface area contributed by atoms with Crippen LogP contribution in [0.4, 0.5) is 0 Å². The zero-order valence-electron chi connectivity index (χ0n) is 8.87. The number of methoxy groups -OCH3 is 1. The number of rotatable bonds is 3. The van der Waals surface area contributed by atoms with Crippen molar-refractivity contribution in [3.8, 4) is 5.75 Å². The van der Waals surface area contributed by atoms with Gasteiger partial charge in [-0.2, -0.15) is 0 Å². The first-order chi connectivity index (χ1) is 6.10. The Morgan fingerprint density at radius 1 is 1.15 bits per heavy atom. The van der Waals surface area contributed by atoms with Crippen LogP contribution in [-0.4, -0.2) is 26.6 Å². The summed E-state index contributed by atoms with van der Waals surface area (Å²) in [6.45, 7) is 7.00. The van der Waals surface area contributed by atoms with Crippen molar-refractivity contribution in [3.05, 3.63) is 24.3 Å². The Kier molecular flexibility index (Phi) is 3.33. The highest BCUT2D eigenvalue weighted by Gasteiger charge is 2.25.